The molecule has 0 spiro atoms. The van der Waals surface area contributed by atoms with Gasteiger partial charge in [0.2, 0.25) is 10.0 Å². The summed E-state index contributed by atoms with van der Waals surface area (Å²) >= 11 is 0. The number of rotatable bonds is 8. The number of hydrogen-bond donors (Lipinski definition) is 1. The minimum Gasteiger partial charge on any atom is -0.315 e. The van der Waals surface area contributed by atoms with Crippen LogP contribution >= 0.6 is 0 Å². The molecule has 98 valence electrons. The molecule has 1 atom stereocenters. The molecule has 0 aromatic rings. The van der Waals surface area contributed by atoms with Crippen LogP contribution in [0.25, 0.3) is 0 Å². The first kappa shape index (κ1) is 15.9. The lowest BCUT2D eigenvalue weighted by Gasteiger charge is -2.23. The molecule has 0 saturated heterocycles. The molecule has 5 heteroatoms. The fourth-order valence-electron chi connectivity index (χ4n) is 1.51. The van der Waals surface area contributed by atoms with Crippen molar-refractivity contribution in [1.82, 2.24) is 9.62 Å². The summed E-state index contributed by atoms with van der Waals surface area (Å²) in [6.45, 7) is 9.84. The van der Waals surface area contributed by atoms with Gasteiger partial charge in [0.05, 0.1) is 5.25 Å². The second-order valence-electron chi connectivity index (χ2n) is 4.73. The molecule has 1 unspecified atom stereocenters. The van der Waals surface area contributed by atoms with E-state index in [4.69, 9.17) is 0 Å². The fourth-order valence-corrected chi connectivity index (χ4v) is 2.96. The van der Waals surface area contributed by atoms with Crippen LogP contribution in [0.3, 0.4) is 0 Å². The summed E-state index contributed by atoms with van der Waals surface area (Å²) in [6.07, 6.45) is 1.02. The topological polar surface area (TPSA) is 49.4 Å². The monoisotopic (exact) mass is 250 g/mol. The summed E-state index contributed by atoms with van der Waals surface area (Å²) in [7, 11) is -1.49. The van der Waals surface area contributed by atoms with E-state index < -0.39 is 10.0 Å². The maximum Gasteiger partial charge on any atom is 0.217 e. The Hall–Kier alpha value is -0.130. The Balaban J connectivity index is 4.29. The molecule has 0 heterocycles. The van der Waals surface area contributed by atoms with Crippen LogP contribution in [-0.2, 0) is 10.0 Å². The van der Waals surface area contributed by atoms with Crippen molar-refractivity contribution in [1.29, 1.82) is 0 Å². The average Bonchev–Trinajstić information content (AvgIpc) is 2.16. The van der Waals surface area contributed by atoms with Gasteiger partial charge in [0, 0.05) is 20.1 Å². The van der Waals surface area contributed by atoms with Gasteiger partial charge in [-0.05, 0) is 25.8 Å². The van der Waals surface area contributed by atoms with E-state index >= 15 is 0 Å². The third-order valence-electron chi connectivity index (χ3n) is 2.42. The highest BCUT2D eigenvalue weighted by atomic mass is 32.2. The van der Waals surface area contributed by atoms with Gasteiger partial charge in [-0.25, -0.2) is 12.7 Å². The van der Waals surface area contributed by atoms with Crippen LogP contribution in [0.2, 0.25) is 0 Å². The molecular weight excluding hydrogens is 224 g/mol. The van der Waals surface area contributed by atoms with Gasteiger partial charge in [-0.1, -0.05) is 20.8 Å². The molecule has 1 N–H and O–H groups in total. The number of nitrogens with zero attached hydrogens (tertiary/aromatic N) is 1. The molecule has 0 aromatic heterocycles. The van der Waals surface area contributed by atoms with E-state index in [1.54, 1.807) is 14.0 Å². The molecule has 0 bridgehead atoms. The van der Waals surface area contributed by atoms with E-state index in [0.29, 0.717) is 19.0 Å². The average molecular weight is 250 g/mol. The van der Waals surface area contributed by atoms with Crippen LogP contribution in [0, 0.1) is 5.92 Å². The Morgan fingerprint density at radius 1 is 1.25 bits per heavy atom. The third-order valence-corrected chi connectivity index (χ3v) is 4.63. The van der Waals surface area contributed by atoms with E-state index in [2.05, 4.69) is 12.2 Å². The Kier molecular flexibility index (Phi) is 7.19. The summed E-state index contributed by atoms with van der Waals surface area (Å²) in [5.74, 6) is 0.357. The highest BCUT2D eigenvalue weighted by Gasteiger charge is 2.25. The first-order valence-corrected chi connectivity index (χ1v) is 7.48. The first-order chi connectivity index (χ1) is 7.32. The largest absolute Gasteiger partial charge is 0.315 e. The lowest BCUT2D eigenvalue weighted by Crippen LogP contribution is -2.41. The Labute approximate surface area is 100 Å². The Morgan fingerprint density at radius 2 is 1.81 bits per heavy atom. The first-order valence-electron chi connectivity index (χ1n) is 5.98. The molecule has 0 aromatic carbocycles. The smallest absolute Gasteiger partial charge is 0.217 e. The summed E-state index contributed by atoms with van der Waals surface area (Å²) in [5, 5.41) is 2.78. The van der Waals surface area contributed by atoms with E-state index in [0.717, 1.165) is 13.0 Å². The Bertz CT molecular complexity index is 276. The van der Waals surface area contributed by atoms with Crippen molar-refractivity contribution in [2.45, 2.75) is 39.4 Å². The summed E-state index contributed by atoms with van der Waals surface area (Å²) < 4.78 is 25.6. The van der Waals surface area contributed by atoms with E-state index in [1.807, 2.05) is 13.8 Å². The SMILES string of the molecule is CCCNCC(C)S(=O)(=O)N(C)CC(C)C. The maximum absolute atomic E-state index is 12.0. The molecule has 16 heavy (non-hydrogen) atoms. The van der Waals surface area contributed by atoms with Crippen molar-refractivity contribution in [2.24, 2.45) is 5.92 Å². The molecular formula is C11H26N2O2S. The molecule has 4 nitrogen and oxygen atoms in total. The molecule has 0 amide bonds. The zero-order valence-corrected chi connectivity index (χ0v) is 12.0. The molecule has 0 aliphatic heterocycles. The van der Waals surface area contributed by atoms with Crippen molar-refractivity contribution in [3.05, 3.63) is 0 Å². The van der Waals surface area contributed by atoms with E-state index in [1.165, 1.54) is 4.31 Å². The van der Waals surface area contributed by atoms with Crippen LogP contribution in [0.1, 0.15) is 34.1 Å². The van der Waals surface area contributed by atoms with Gasteiger partial charge in [-0.15, -0.1) is 0 Å². The quantitative estimate of drug-likeness (QED) is 0.661. The fraction of sp³-hybridized carbons (Fsp3) is 1.00. The molecule has 0 aliphatic carbocycles. The normalized spacial score (nSPS) is 14.7. The summed E-state index contributed by atoms with van der Waals surface area (Å²) in [4.78, 5) is 0. The zero-order valence-electron chi connectivity index (χ0n) is 11.2. The predicted molar refractivity (Wildman–Crippen MR) is 69.0 cm³/mol. The lowest BCUT2D eigenvalue weighted by molar-refractivity contribution is 0.410. The summed E-state index contributed by atoms with van der Waals surface area (Å²) in [6, 6.07) is 0. The molecule has 0 fully saturated rings. The summed E-state index contributed by atoms with van der Waals surface area (Å²) in [5.41, 5.74) is 0. The third kappa shape index (κ3) is 5.27. The van der Waals surface area contributed by atoms with Crippen LogP contribution in [0.5, 0.6) is 0 Å². The number of nitrogens with one attached hydrogen (secondary N) is 1. The van der Waals surface area contributed by atoms with Gasteiger partial charge in [0.25, 0.3) is 0 Å². The van der Waals surface area contributed by atoms with E-state index in [9.17, 15) is 8.42 Å². The van der Waals surface area contributed by atoms with Crippen LogP contribution in [0.15, 0.2) is 0 Å². The lowest BCUT2D eigenvalue weighted by atomic mass is 10.2. The van der Waals surface area contributed by atoms with Crippen molar-refractivity contribution in [2.75, 3.05) is 26.7 Å². The standard InChI is InChI=1S/C11H26N2O2S/c1-6-7-12-8-11(4)16(14,15)13(5)9-10(2)3/h10-12H,6-9H2,1-5H3. The highest BCUT2D eigenvalue weighted by Crippen LogP contribution is 2.08. The predicted octanol–water partition coefficient (Wildman–Crippen LogP) is 1.29. The molecule has 0 radical (unpaired) electrons. The minimum atomic E-state index is -3.14. The van der Waals surface area contributed by atoms with Crippen LogP contribution < -0.4 is 5.32 Å². The van der Waals surface area contributed by atoms with Gasteiger partial charge in [0.1, 0.15) is 0 Å². The molecule has 0 rings (SSSR count). The second-order valence-corrected chi connectivity index (χ2v) is 7.19. The van der Waals surface area contributed by atoms with E-state index in [-0.39, 0.29) is 5.25 Å². The van der Waals surface area contributed by atoms with Crippen molar-refractivity contribution >= 4 is 10.0 Å². The van der Waals surface area contributed by atoms with Gasteiger partial charge in [0.15, 0.2) is 0 Å². The highest BCUT2D eigenvalue weighted by molar-refractivity contribution is 7.89. The van der Waals surface area contributed by atoms with Crippen LogP contribution in [0.4, 0.5) is 0 Å². The Morgan fingerprint density at radius 3 is 2.25 bits per heavy atom. The second kappa shape index (κ2) is 7.25. The number of sulfonamides is 1. The molecule has 0 saturated carbocycles. The van der Waals surface area contributed by atoms with Gasteiger partial charge in [-0.2, -0.15) is 0 Å². The maximum atomic E-state index is 12.0. The van der Waals surface area contributed by atoms with Crippen molar-refractivity contribution in [3.63, 3.8) is 0 Å². The zero-order chi connectivity index (χ0) is 12.8. The van der Waals surface area contributed by atoms with Gasteiger partial charge >= 0.3 is 0 Å². The minimum absolute atomic E-state index is 0.357. The van der Waals surface area contributed by atoms with Crippen molar-refractivity contribution < 1.29 is 8.42 Å². The van der Waals surface area contributed by atoms with Gasteiger partial charge < -0.3 is 5.32 Å². The van der Waals surface area contributed by atoms with Crippen molar-refractivity contribution in [3.8, 4) is 0 Å². The van der Waals surface area contributed by atoms with Crippen LogP contribution in [-0.4, -0.2) is 44.7 Å². The number of hydrogen-bond acceptors (Lipinski definition) is 3. The van der Waals surface area contributed by atoms with Gasteiger partial charge in [-0.3, -0.25) is 0 Å². The molecule has 0 aliphatic rings.